The molecule has 0 heterocycles. The first kappa shape index (κ1) is 25.8. The van der Waals surface area contributed by atoms with Crippen molar-refractivity contribution in [3.8, 4) is 17.2 Å². The van der Waals surface area contributed by atoms with Gasteiger partial charge in [0.2, 0.25) is 0 Å². The molecule has 8 heteroatoms. The molecule has 0 aromatic heterocycles. The van der Waals surface area contributed by atoms with Gasteiger partial charge in [0.1, 0.15) is 23.9 Å². The molecule has 0 atom stereocenters. The summed E-state index contributed by atoms with van der Waals surface area (Å²) in [5.41, 5.74) is 1.29. The van der Waals surface area contributed by atoms with E-state index >= 15 is 0 Å². The maximum absolute atomic E-state index is 12.6. The maximum Gasteiger partial charge on any atom is 0.416 e. The standard InChI is InChI=1S/C24H27ClF4O3/c1-3-17-15-21(31-14-11-22(25)26)16-18(4-2)23(17)32-13-6-5-12-30-20-9-7-19(8-10-20)24(27,28)29/h7-11,15-16H,3-6,12-14H2,1-2H3. The highest BCUT2D eigenvalue weighted by Crippen LogP contribution is 2.32. The van der Waals surface area contributed by atoms with Crippen molar-refractivity contribution < 1.29 is 31.8 Å². The molecule has 0 N–H and O–H groups in total. The van der Waals surface area contributed by atoms with Crippen LogP contribution in [0.1, 0.15) is 43.4 Å². The first-order valence-corrected chi connectivity index (χ1v) is 10.8. The van der Waals surface area contributed by atoms with E-state index in [2.05, 4.69) is 0 Å². The molecule has 32 heavy (non-hydrogen) atoms. The van der Waals surface area contributed by atoms with E-state index in [-0.39, 0.29) is 6.61 Å². The van der Waals surface area contributed by atoms with E-state index in [0.717, 1.165) is 54.3 Å². The topological polar surface area (TPSA) is 27.7 Å². The summed E-state index contributed by atoms with van der Waals surface area (Å²) >= 11 is 5.18. The minimum Gasteiger partial charge on any atom is -0.494 e. The highest BCUT2D eigenvalue weighted by molar-refractivity contribution is 6.28. The van der Waals surface area contributed by atoms with E-state index in [9.17, 15) is 17.6 Å². The molecule has 0 unspecified atom stereocenters. The van der Waals surface area contributed by atoms with Crippen LogP contribution in [0.25, 0.3) is 0 Å². The molecule has 0 aliphatic carbocycles. The van der Waals surface area contributed by atoms with Crippen LogP contribution in [-0.2, 0) is 19.0 Å². The lowest BCUT2D eigenvalue weighted by Crippen LogP contribution is -2.07. The molecule has 2 rings (SSSR count). The first-order valence-electron chi connectivity index (χ1n) is 10.5. The monoisotopic (exact) mass is 474 g/mol. The third-order valence-electron chi connectivity index (χ3n) is 4.70. The summed E-state index contributed by atoms with van der Waals surface area (Å²) in [7, 11) is 0. The van der Waals surface area contributed by atoms with Crippen molar-refractivity contribution in [1.82, 2.24) is 0 Å². The minimum absolute atomic E-state index is 0.0424. The van der Waals surface area contributed by atoms with E-state index in [1.54, 1.807) is 0 Å². The van der Waals surface area contributed by atoms with E-state index < -0.39 is 17.0 Å². The zero-order chi connectivity index (χ0) is 23.6. The summed E-state index contributed by atoms with van der Waals surface area (Å²) in [4.78, 5) is 0. The molecule has 0 saturated heterocycles. The summed E-state index contributed by atoms with van der Waals surface area (Å²) in [6, 6.07) is 8.41. The molecule has 2 aromatic rings. The van der Waals surface area contributed by atoms with Crippen LogP contribution in [0.5, 0.6) is 17.2 Å². The fraction of sp³-hybridized carbons (Fsp3) is 0.417. The Morgan fingerprint density at radius 3 is 1.94 bits per heavy atom. The van der Waals surface area contributed by atoms with Crippen molar-refractivity contribution in [3.05, 3.63) is 64.5 Å². The van der Waals surface area contributed by atoms with Crippen LogP contribution in [0.4, 0.5) is 17.6 Å². The van der Waals surface area contributed by atoms with Crippen molar-refractivity contribution in [2.24, 2.45) is 0 Å². The summed E-state index contributed by atoms with van der Waals surface area (Å²) in [5.74, 6) is 1.86. The molecule has 0 spiro atoms. The van der Waals surface area contributed by atoms with E-state index in [0.29, 0.717) is 31.1 Å². The zero-order valence-electron chi connectivity index (χ0n) is 18.1. The average Bonchev–Trinajstić information content (AvgIpc) is 2.75. The molecule has 2 aromatic carbocycles. The van der Waals surface area contributed by atoms with Crippen molar-refractivity contribution in [3.63, 3.8) is 0 Å². The molecule has 0 fully saturated rings. The molecule has 0 saturated carbocycles. The Morgan fingerprint density at radius 2 is 1.44 bits per heavy atom. The molecule has 0 bridgehead atoms. The van der Waals surface area contributed by atoms with Crippen LogP contribution in [-0.4, -0.2) is 19.8 Å². The Hall–Kier alpha value is -2.41. The predicted molar refractivity (Wildman–Crippen MR) is 117 cm³/mol. The molecule has 0 amide bonds. The Kier molecular flexibility index (Phi) is 10.2. The van der Waals surface area contributed by atoms with E-state index in [1.807, 2.05) is 26.0 Å². The van der Waals surface area contributed by atoms with Gasteiger partial charge in [0.25, 0.3) is 0 Å². The number of hydrogen-bond acceptors (Lipinski definition) is 3. The quantitative estimate of drug-likeness (QED) is 0.235. The fourth-order valence-electron chi connectivity index (χ4n) is 3.03. The van der Waals surface area contributed by atoms with Crippen LogP contribution >= 0.6 is 11.6 Å². The number of hydrogen-bond donors (Lipinski definition) is 0. The van der Waals surface area contributed by atoms with Crippen molar-refractivity contribution >= 4 is 11.6 Å². The number of aryl methyl sites for hydroxylation is 2. The molecular formula is C24H27ClF4O3. The highest BCUT2D eigenvalue weighted by Gasteiger charge is 2.30. The van der Waals surface area contributed by atoms with Gasteiger partial charge >= 0.3 is 6.18 Å². The number of ether oxygens (including phenoxy) is 3. The normalized spacial score (nSPS) is 12.0. The number of halogens is 5. The second-order valence-electron chi connectivity index (χ2n) is 7.01. The summed E-state index contributed by atoms with van der Waals surface area (Å²) in [6.07, 6.45) is -0.289. The van der Waals surface area contributed by atoms with Gasteiger partial charge < -0.3 is 14.2 Å². The lowest BCUT2D eigenvalue weighted by Gasteiger charge is -2.17. The summed E-state index contributed by atoms with van der Waals surface area (Å²) < 4.78 is 67.4. The van der Waals surface area contributed by atoms with Crippen LogP contribution in [0.2, 0.25) is 0 Å². The third-order valence-corrected chi connectivity index (χ3v) is 4.86. The first-order chi connectivity index (χ1) is 15.2. The number of alkyl halides is 3. The van der Waals surface area contributed by atoms with Gasteiger partial charge in [-0.05, 0) is 73.2 Å². The lowest BCUT2D eigenvalue weighted by molar-refractivity contribution is -0.137. The molecule has 0 radical (unpaired) electrons. The minimum atomic E-state index is -4.35. The van der Waals surface area contributed by atoms with Crippen LogP contribution < -0.4 is 14.2 Å². The lowest BCUT2D eigenvalue weighted by atomic mass is 10.0. The zero-order valence-corrected chi connectivity index (χ0v) is 18.9. The Balaban J connectivity index is 1.83. The second kappa shape index (κ2) is 12.6. The Bertz CT molecular complexity index is 851. The van der Waals surface area contributed by atoms with Gasteiger partial charge in [0.05, 0.1) is 18.8 Å². The van der Waals surface area contributed by atoms with Crippen molar-refractivity contribution in [2.75, 3.05) is 19.8 Å². The maximum atomic E-state index is 12.6. The van der Waals surface area contributed by atoms with Crippen LogP contribution in [0, 0.1) is 0 Å². The van der Waals surface area contributed by atoms with Crippen LogP contribution in [0.15, 0.2) is 47.8 Å². The smallest absolute Gasteiger partial charge is 0.416 e. The summed E-state index contributed by atoms with van der Waals surface area (Å²) in [5, 5.41) is -0.807. The Labute approximate surface area is 190 Å². The van der Waals surface area contributed by atoms with Gasteiger partial charge in [-0.25, -0.2) is 0 Å². The molecule has 0 aliphatic rings. The van der Waals surface area contributed by atoms with Gasteiger partial charge in [-0.15, -0.1) is 0 Å². The van der Waals surface area contributed by atoms with Gasteiger partial charge in [0.15, 0.2) is 5.29 Å². The van der Waals surface area contributed by atoms with Gasteiger partial charge in [-0.3, -0.25) is 0 Å². The SMILES string of the molecule is CCc1cc(OCC=C(F)Cl)cc(CC)c1OCCCCOc1ccc(C(F)(F)F)cc1. The fourth-order valence-corrected chi connectivity index (χ4v) is 3.09. The predicted octanol–water partition coefficient (Wildman–Crippen LogP) is 7.50. The van der Waals surface area contributed by atoms with Gasteiger partial charge in [-0.2, -0.15) is 17.6 Å². The number of rotatable bonds is 12. The van der Waals surface area contributed by atoms with Crippen LogP contribution in [0.3, 0.4) is 0 Å². The van der Waals surface area contributed by atoms with E-state index in [4.69, 9.17) is 25.8 Å². The number of unbranched alkanes of at least 4 members (excludes halogenated alkanes) is 1. The molecular weight excluding hydrogens is 448 g/mol. The van der Waals surface area contributed by atoms with E-state index in [1.165, 1.54) is 12.1 Å². The van der Waals surface area contributed by atoms with Crippen molar-refractivity contribution in [1.29, 1.82) is 0 Å². The van der Waals surface area contributed by atoms with Crippen molar-refractivity contribution in [2.45, 2.75) is 45.7 Å². The molecule has 176 valence electrons. The largest absolute Gasteiger partial charge is 0.494 e. The molecule has 0 aliphatic heterocycles. The summed E-state index contributed by atoms with van der Waals surface area (Å²) in [6.45, 7) is 4.94. The second-order valence-corrected chi connectivity index (χ2v) is 7.37. The number of benzene rings is 2. The van der Waals surface area contributed by atoms with Gasteiger partial charge in [-0.1, -0.05) is 25.4 Å². The van der Waals surface area contributed by atoms with Gasteiger partial charge in [0, 0.05) is 6.08 Å². The third kappa shape index (κ3) is 8.26. The molecule has 3 nitrogen and oxygen atoms in total. The average molecular weight is 475 g/mol. The highest BCUT2D eigenvalue weighted by atomic mass is 35.5. The Morgan fingerprint density at radius 1 is 0.875 bits per heavy atom.